The number of para-hydroxylation sites is 1. The van der Waals surface area contributed by atoms with Gasteiger partial charge in [0.05, 0.1) is 17.3 Å². The highest BCUT2D eigenvalue weighted by molar-refractivity contribution is 6.32. The zero-order valence-corrected chi connectivity index (χ0v) is 17.3. The number of aryl methyl sites for hydroxylation is 1. The van der Waals surface area contributed by atoms with Gasteiger partial charge in [0.1, 0.15) is 6.61 Å². The molecule has 0 saturated heterocycles. The van der Waals surface area contributed by atoms with Gasteiger partial charge in [0, 0.05) is 11.2 Å². The van der Waals surface area contributed by atoms with Crippen molar-refractivity contribution in [3.63, 3.8) is 0 Å². The lowest BCUT2D eigenvalue weighted by Crippen LogP contribution is -2.01. The van der Waals surface area contributed by atoms with Crippen LogP contribution in [0.3, 0.4) is 0 Å². The molecule has 0 amide bonds. The summed E-state index contributed by atoms with van der Waals surface area (Å²) in [5, 5.41) is 1.17. The molecule has 3 aromatic carbocycles. The predicted octanol–water partition coefficient (Wildman–Crippen LogP) is 7.03. The van der Waals surface area contributed by atoms with Gasteiger partial charge in [-0.1, -0.05) is 53.5 Å². The second kappa shape index (κ2) is 9.63. The van der Waals surface area contributed by atoms with Crippen molar-refractivity contribution in [1.29, 1.82) is 0 Å². The number of nitrogens with zero attached hydrogens (tertiary/aromatic N) is 1. The van der Waals surface area contributed by atoms with Gasteiger partial charge in [0.25, 0.3) is 0 Å². The number of aliphatic imine (C=N–C) groups is 1. The smallest absolute Gasteiger partial charge is 0.180 e. The molecule has 0 aliphatic carbocycles. The number of benzene rings is 3. The number of rotatable bonds is 7. The maximum absolute atomic E-state index is 6.49. The largest absolute Gasteiger partial charge is 0.490 e. The summed E-state index contributed by atoms with van der Waals surface area (Å²) in [4.78, 5) is 4.56. The van der Waals surface area contributed by atoms with Crippen molar-refractivity contribution < 1.29 is 9.47 Å². The van der Waals surface area contributed by atoms with Crippen molar-refractivity contribution in [1.82, 2.24) is 0 Å². The third-order valence-corrected chi connectivity index (χ3v) is 4.63. The van der Waals surface area contributed by atoms with Crippen LogP contribution in [0, 0.1) is 6.92 Å². The molecule has 144 valence electrons. The molecule has 0 aliphatic heterocycles. The molecule has 0 saturated carbocycles. The number of halogens is 2. The van der Waals surface area contributed by atoms with Crippen molar-refractivity contribution in [3.05, 3.63) is 87.4 Å². The van der Waals surface area contributed by atoms with Gasteiger partial charge in [-0.2, -0.15) is 0 Å². The molecule has 0 aliphatic rings. The third kappa shape index (κ3) is 5.28. The van der Waals surface area contributed by atoms with E-state index < -0.39 is 0 Å². The molecule has 3 rings (SSSR count). The molecule has 0 fully saturated rings. The van der Waals surface area contributed by atoms with Gasteiger partial charge in [-0.25, -0.2) is 0 Å². The Balaban J connectivity index is 1.83. The van der Waals surface area contributed by atoms with E-state index in [2.05, 4.69) is 4.99 Å². The summed E-state index contributed by atoms with van der Waals surface area (Å²) in [6.07, 6.45) is 1.78. The molecule has 3 nitrogen and oxygen atoms in total. The topological polar surface area (TPSA) is 30.8 Å². The van der Waals surface area contributed by atoms with E-state index in [4.69, 9.17) is 32.7 Å². The van der Waals surface area contributed by atoms with Gasteiger partial charge in [-0.3, -0.25) is 4.99 Å². The minimum absolute atomic E-state index is 0.369. The van der Waals surface area contributed by atoms with Crippen LogP contribution in [0.4, 0.5) is 5.69 Å². The van der Waals surface area contributed by atoms with Gasteiger partial charge in [-0.05, 0) is 60.9 Å². The molecular formula is C23H21Cl2NO2. The van der Waals surface area contributed by atoms with Crippen molar-refractivity contribution in [3.8, 4) is 11.5 Å². The molecule has 0 bridgehead atoms. The second-order valence-electron chi connectivity index (χ2n) is 6.22. The minimum atomic E-state index is 0.369. The normalized spacial score (nSPS) is 11.0. The summed E-state index contributed by atoms with van der Waals surface area (Å²) in [7, 11) is 0. The van der Waals surface area contributed by atoms with Crippen LogP contribution in [0.1, 0.15) is 23.6 Å². The number of hydrogen-bond donors (Lipinski definition) is 0. The lowest BCUT2D eigenvalue weighted by molar-refractivity contribution is 0.269. The van der Waals surface area contributed by atoms with Crippen LogP contribution in [-0.4, -0.2) is 12.8 Å². The van der Waals surface area contributed by atoms with Crippen LogP contribution in [0.25, 0.3) is 0 Å². The number of ether oxygens (including phenoxy) is 2. The maximum atomic E-state index is 6.49. The van der Waals surface area contributed by atoms with Crippen LogP contribution in [-0.2, 0) is 6.61 Å². The third-order valence-electron chi connectivity index (χ3n) is 4.10. The average molecular weight is 414 g/mol. The van der Waals surface area contributed by atoms with Crippen molar-refractivity contribution >= 4 is 35.1 Å². The fraction of sp³-hybridized carbons (Fsp3) is 0.174. The highest BCUT2D eigenvalue weighted by Gasteiger charge is 2.12. The van der Waals surface area contributed by atoms with Crippen LogP contribution in [0.15, 0.2) is 65.7 Å². The number of hydrogen-bond acceptors (Lipinski definition) is 3. The Hall–Kier alpha value is -2.49. The molecule has 0 spiro atoms. The molecule has 0 atom stereocenters. The maximum Gasteiger partial charge on any atom is 0.180 e. The van der Waals surface area contributed by atoms with E-state index in [0.29, 0.717) is 34.8 Å². The Bertz CT molecular complexity index is 969. The van der Waals surface area contributed by atoms with Crippen LogP contribution < -0.4 is 9.47 Å². The van der Waals surface area contributed by atoms with Crippen molar-refractivity contribution in [2.24, 2.45) is 4.99 Å². The Morgan fingerprint density at radius 1 is 0.964 bits per heavy atom. The molecular weight excluding hydrogens is 393 g/mol. The van der Waals surface area contributed by atoms with Crippen LogP contribution >= 0.6 is 23.2 Å². The van der Waals surface area contributed by atoms with Gasteiger partial charge in [0.2, 0.25) is 0 Å². The molecule has 28 heavy (non-hydrogen) atoms. The Labute approximate surface area is 175 Å². The summed E-state index contributed by atoms with van der Waals surface area (Å²) < 4.78 is 11.7. The first-order chi connectivity index (χ1) is 13.6. The van der Waals surface area contributed by atoms with E-state index >= 15 is 0 Å². The first kappa shape index (κ1) is 20.2. The van der Waals surface area contributed by atoms with Gasteiger partial charge in [0.15, 0.2) is 11.5 Å². The van der Waals surface area contributed by atoms with E-state index in [0.717, 1.165) is 22.4 Å². The van der Waals surface area contributed by atoms with Crippen molar-refractivity contribution in [2.45, 2.75) is 20.5 Å². The molecule has 3 aromatic rings. The molecule has 0 aromatic heterocycles. The monoisotopic (exact) mass is 413 g/mol. The standard InChI is InChI=1S/C23H21Cl2NO2/c1-3-27-22-13-18(14-26-21-7-5-4-6-16(21)2)12-20(25)23(22)28-15-17-8-10-19(24)11-9-17/h4-14H,3,15H2,1-2H3. The summed E-state index contributed by atoms with van der Waals surface area (Å²) in [5.41, 5.74) is 3.86. The summed E-state index contributed by atoms with van der Waals surface area (Å²) in [6, 6.07) is 19.2. The van der Waals surface area contributed by atoms with E-state index in [1.807, 2.05) is 74.5 Å². The van der Waals surface area contributed by atoms with Gasteiger partial charge >= 0.3 is 0 Å². The van der Waals surface area contributed by atoms with E-state index in [1.54, 1.807) is 6.21 Å². The predicted molar refractivity (Wildman–Crippen MR) is 117 cm³/mol. The fourth-order valence-electron chi connectivity index (χ4n) is 2.65. The quantitative estimate of drug-likeness (QED) is 0.389. The summed E-state index contributed by atoms with van der Waals surface area (Å²) in [5.74, 6) is 1.11. The lowest BCUT2D eigenvalue weighted by Gasteiger charge is -2.14. The first-order valence-corrected chi connectivity index (χ1v) is 9.75. The summed E-state index contributed by atoms with van der Waals surface area (Å²) in [6.45, 7) is 4.82. The van der Waals surface area contributed by atoms with Crippen LogP contribution in [0.5, 0.6) is 11.5 Å². The Morgan fingerprint density at radius 3 is 2.43 bits per heavy atom. The zero-order chi connectivity index (χ0) is 19.9. The zero-order valence-electron chi connectivity index (χ0n) is 15.8. The fourth-order valence-corrected chi connectivity index (χ4v) is 3.05. The van der Waals surface area contributed by atoms with E-state index in [1.165, 1.54) is 0 Å². The first-order valence-electron chi connectivity index (χ1n) is 9.00. The molecule has 0 radical (unpaired) electrons. The Kier molecular flexibility index (Phi) is 6.96. The molecule has 0 N–H and O–H groups in total. The van der Waals surface area contributed by atoms with Crippen LogP contribution in [0.2, 0.25) is 10.0 Å². The summed E-state index contributed by atoms with van der Waals surface area (Å²) >= 11 is 12.4. The highest BCUT2D eigenvalue weighted by atomic mass is 35.5. The van der Waals surface area contributed by atoms with E-state index in [-0.39, 0.29) is 0 Å². The molecule has 5 heteroatoms. The molecule has 0 heterocycles. The SMILES string of the molecule is CCOc1cc(C=Nc2ccccc2C)cc(Cl)c1OCc1ccc(Cl)cc1. The van der Waals surface area contributed by atoms with E-state index in [9.17, 15) is 0 Å². The lowest BCUT2D eigenvalue weighted by atomic mass is 10.2. The highest BCUT2D eigenvalue weighted by Crippen LogP contribution is 2.37. The minimum Gasteiger partial charge on any atom is -0.490 e. The molecule has 0 unspecified atom stereocenters. The second-order valence-corrected chi connectivity index (χ2v) is 7.07. The average Bonchev–Trinajstić information content (AvgIpc) is 2.68. The van der Waals surface area contributed by atoms with Gasteiger partial charge < -0.3 is 9.47 Å². The van der Waals surface area contributed by atoms with Crippen molar-refractivity contribution in [2.75, 3.05) is 6.61 Å². The van der Waals surface area contributed by atoms with Gasteiger partial charge in [-0.15, -0.1) is 0 Å². The Morgan fingerprint density at radius 2 is 1.71 bits per heavy atom.